The van der Waals surface area contributed by atoms with E-state index in [4.69, 9.17) is 9.47 Å². The molecule has 0 amide bonds. The van der Waals surface area contributed by atoms with Crippen LogP contribution < -0.4 is 9.47 Å². The quantitative estimate of drug-likeness (QED) is 0.816. The molecule has 0 radical (unpaired) electrons. The maximum absolute atomic E-state index is 9.29. The molecule has 0 bridgehead atoms. The lowest BCUT2D eigenvalue weighted by molar-refractivity contribution is -0.0426. The molecule has 2 aliphatic rings. The normalized spacial score (nSPS) is 25.7. The van der Waals surface area contributed by atoms with Crippen LogP contribution in [0.2, 0.25) is 0 Å². The van der Waals surface area contributed by atoms with Gasteiger partial charge in [-0.1, -0.05) is 12.5 Å². The van der Waals surface area contributed by atoms with Crippen LogP contribution in [0.1, 0.15) is 50.4 Å². The Balaban J connectivity index is 1.76. The molecule has 3 rings (SSSR count). The molecule has 1 heterocycles. The van der Waals surface area contributed by atoms with E-state index in [2.05, 4.69) is 4.90 Å². The van der Waals surface area contributed by atoms with Crippen LogP contribution >= 0.6 is 0 Å². The van der Waals surface area contributed by atoms with Crippen molar-refractivity contribution < 1.29 is 19.7 Å². The van der Waals surface area contributed by atoms with E-state index in [9.17, 15) is 10.2 Å². The largest absolute Gasteiger partial charge is 0.493 e. The predicted octanol–water partition coefficient (Wildman–Crippen LogP) is 2.46. The van der Waals surface area contributed by atoms with Crippen molar-refractivity contribution in [3.8, 4) is 11.5 Å². The summed E-state index contributed by atoms with van der Waals surface area (Å²) in [7, 11) is 1.58. The molecular weight excluding hydrogens is 294 g/mol. The maximum atomic E-state index is 9.29. The van der Waals surface area contributed by atoms with Crippen molar-refractivity contribution in [3.05, 3.63) is 23.8 Å². The van der Waals surface area contributed by atoms with Crippen molar-refractivity contribution >= 4 is 0 Å². The minimum Gasteiger partial charge on any atom is -0.493 e. The molecule has 23 heavy (non-hydrogen) atoms. The van der Waals surface area contributed by atoms with Crippen molar-refractivity contribution in [2.75, 3.05) is 20.2 Å². The average molecular weight is 321 g/mol. The van der Waals surface area contributed by atoms with Crippen LogP contribution in [0.15, 0.2) is 18.2 Å². The number of aliphatic hydroxyl groups is 2. The molecule has 2 atom stereocenters. The molecule has 2 N–H and O–H groups in total. The van der Waals surface area contributed by atoms with E-state index in [1.165, 1.54) is 45.2 Å². The molecule has 1 aliphatic heterocycles. The fraction of sp³-hybridized carbons (Fsp3) is 0.667. The molecule has 128 valence electrons. The molecule has 1 aromatic rings. The predicted molar refractivity (Wildman–Crippen MR) is 87.7 cm³/mol. The van der Waals surface area contributed by atoms with Gasteiger partial charge in [-0.2, -0.15) is 0 Å². The van der Waals surface area contributed by atoms with Crippen LogP contribution in [0, 0.1) is 0 Å². The summed E-state index contributed by atoms with van der Waals surface area (Å²) in [6.45, 7) is 2.36. The second-order valence-electron chi connectivity index (χ2n) is 6.54. The lowest BCUT2D eigenvalue weighted by atomic mass is 9.91. The summed E-state index contributed by atoms with van der Waals surface area (Å²) in [5.41, 5.74) is 0.411. The Bertz CT molecular complexity index is 514. The summed E-state index contributed by atoms with van der Waals surface area (Å²) in [6, 6.07) is 5.58. The first-order valence-electron chi connectivity index (χ1n) is 8.64. The lowest BCUT2D eigenvalue weighted by Crippen LogP contribution is -2.46. The van der Waals surface area contributed by atoms with Crippen molar-refractivity contribution in [2.45, 2.75) is 57.0 Å². The summed E-state index contributed by atoms with van der Waals surface area (Å²) < 4.78 is 11.7. The Labute approximate surface area is 137 Å². The highest BCUT2D eigenvalue weighted by molar-refractivity contribution is 5.43. The van der Waals surface area contributed by atoms with Crippen LogP contribution in [0.5, 0.6) is 11.5 Å². The minimum atomic E-state index is -1.50. The monoisotopic (exact) mass is 321 g/mol. The number of ether oxygens (including phenoxy) is 2. The van der Waals surface area contributed by atoms with Crippen LogP contribution in [0.3, 0.4) is 0 Å². The first-order chi connectivity index (χ1) is 11.2. The van der Waals surface area contributed by atoms with Gasteiger partial charge in [-0.05, 0) is 57.3 Å². The third-order valence-electron chi connectivity index (χ3n) is 5.04. The first kappa shape index (κ1) is 16.6. The van der Waals surface area contributed by atoms with Crippen LogP contribution in [0.4, 0.5) is 0 Å². The highest BCUT2D eigenvalue weighted by Gasteiger charge is 2.33. The van der Waals surface area contributed by atoms with E-state index < -0.39 is 6.29 Å². The fourth-order valence-corrected chi connectivity index (χ4v) is 3.81. The Kier molecular flexibility index (Phi) is 5.41. The minimum absolute atomic E-state index is 0.181. The topological polar surface area (TPSA) is 62.2 Å². The summed E-state index contributed by atoms with van der Waals surface area (Å²) in [6.07, 6.45) is 5.99. The summed E-state index contributed by atoms with van der Waals surface area (Å²) >= 11 is 0. The highest BCUT2D eigenvalue weighted by atomic mass is 16.5. The third kappa shape index (κ3) is 3.79. The van der Waals surface area contributed by atoms with E-state index in [0.717, 1.165) is 6.42 Å². The number of nitrogens with zero attached hydrogens (tertiary/aromatic N) is 1. The molecule has 1 saturated heterocycles. The highest BCUT2D eigenvalue weighted by Crippen LogP contribution is 2.35. The fourth-order valence-electron chi connectivity index (χ4n) is 3.81. The Morgan fingerprint density at radius 3 is 2.48 bits per heavy atom. The van der Waals surface area contributed by atoms with E-state index in [-0.39, 0.29) is 6.10 Å². The molecule has 2 unspecified atom stereocenters. The van der Waals surface area contributed by atoms with Gasteiger partial charge in [-0.15, -0.1) is 0 Å². The van der Waals surface area contributed by atoms with Crippen molar-refractivity contribution in [2.24, 2.45) is 0 Å². The summed E-state index contributed by atoms with van der Waals surface area (Å²) in [5, 5.41) is 18.6. The third-order valence-corrected chi connectivity index (χ3v) is 5.04. The molecule has 1 saturated carbocycles. The van der Waals surface area contributed by atoms with E-state index in [1.54, 1.807) is 25.3 Å². The van der Waals surface area contributed by atoms with E-state index in [1.807, 2.05) is 0 Å². The zero-order valence-corrected chi connectivity index (χ0v) is 13.8. The number of aliphatic hydroxyl groups excluding tert-OH is 1. The van der Waals surface area contributed by atoms with Gasteiger partial charge in [0.05, 0.1) is 7.11 Å². The average Bonchev–Trinajstić information content (AvgIpc) is 3.10. The Morgan fingerprint density at radius 2 is 1.78 bits per heavy atom. The van der Waals surface area contributed by atoms with Gasteiger partial charge in [0.2, 0.25) is 0 Å². The summed E-state index contributed by atoms with van der Waals surface area (Å²) in [5.74, 6) is 1.24. The van der Waals surface area contributed by atoms with Crippen LogP contribution in [-0.4, -0.2) is 47.5 Å². The lowest BCUT2D eigenvalue weighted by Gasteiger charge is -2.38. The van der Waals surface area contributed by atoms with Crippen LogP contribution in [0.25, 0.3) is 0 Å². The standard InChI is InChI=1S/C18H27NO4/c1-22-17-12-13(18(20)21)8-9-16(17)23-15-7-3-2-6-14(15)19-10-4-5-11-19/h8-9,12,14-15,18,20-21H,2-7,10-11H2,1H3. The second kappa shape index (κ2) is 7.51. The van der Waals surface area contributed by atoms with E-state index in [0.29, 0.717) is 23.1 Å². The Morgan fingerprint density at radius 1 is 1.04 bits per heavy atom. The van der Waals surface area contributed by atoms with Gasteiger partial charge >= 0.3 is 0 Å². The van der Waals surface area contributed by atoms with Crippen LogP contribution in [-0.2, 0) is 0 Å². The molecule has 0 aromatic heterocycles. The Hall–Kier alpha value is -1.30. The number of hydrogen-bond donors (Lipinski definition) is 2. The zero-order valence-electron chi connectivity index (χ0n) is 13.8. The molecule has 1 aromatic carbocycles. The number of methoxy groups -OCH3 is 1. The molecule has 0 spiro atoms. The second-order valence-corrected chi connectivity index (χ2v) is 6.54. The molecule has 2 fully saturated rings. The smallest absolute Gasteiger partial charge is 0.178 e. The molecular formula is C18H27NO4. The van der Waals surface area contributed by atoms with Crippen molar-refractivity contribution in [3.63, 3.8) is 0 Å². The van der Waals surface area contributed by atoms with Gasteiger partial charge in [-0.25, -0.2) is 0 Å². The number of benzene rings is 1. The zero-order chi connectivity index (χ0) is 16.2. The van der Waals surface area contributed by atoms with Crippen molar-refractivity contribution in [1.29, 1.82) is 0 Å². The van der Waals surface area contributed by atoms with E-state index >= 15 is 0 Å². The van der Waals surface area contributed by atoms with Gasteiger partial charge in [-0.3, -0.25) is 4.90 Å². The SMILES string of the molecule is COc1cc(C(O)O)ccc1OC1CCCCC1N1CCCC1. The first-order valence-corrected chi connectivity index (χ1v) is 8.64. The van der Waals surface area contributed by atoms with Gasteiger partial charge < -0.3 is 19.7 Å². The van der Waals surface area contributed by atoms with Gasteiger partial charge in [0.15, 0.2) is 17.8 Å². The molecule has 1 aliphatic carbocycles. The number of rotatable bonds is 5. The summed E-state index contributed by atoms with van der Waals surface area (Å²) in [4.78, 5) is 2.57. The van der Waals surface area contributed by atoms with Gasteiger partial charge in [0.1, 0.15) is 6.10 Å². The molecule has 5 nitrogen and oxygen atoms in total. The van der Waals surface area contributed by atoms with Crippen molar-refractivity contribution in [1.82, 2.24) is 4.90 Å². The van der Waals surface area contributed by atoms with Gasteiger partial charge in [0.25, 0.3) is 0 Å². The van der Waals surface area contributed by atoms with Gasteiger partial charge in [0, 0.05) is 11.6 Å². The maximum Gasteiger partial charge on any atom is 0.178 e. The number of hydrogen-bond acceptors (Lipinski definition) is 5. The molecule has 5 heteroatoms. The number of likely N-dealkylation sites (tertiary alicyclic amines) is 1.